The molecule has 0 fully saturated rings. The van der Waals surface area contributed by atoms with Crippen molar-refractivity contribution in [3.63, 3.8) is 0 Å². The Morgan fingerprint density at radius 1 is 0.625 bits per heavy atom. The summed E-state index contributed by atoms with van der Waals surface area (Å²) < 4.78 is 36.6. The SMILES string of the molecule is Fc1ccc2c(c1)Oc1cc(F)ccc1O2. The average Bonchev–Trinajstić information content (AvgIpc) is 2.26. The molecule has 2 aromatic carbocycles. The minimum absolute atomic E-state index is 0.248. The zero-order valence-corrected chi connectivity index (χ0v) is 8.04. The van der Waals surface area contributed by atoms with E-state index >= 15 is 0 Å². The summed E-state index contributed by atoms with van der Waals surface area (Å²) in [5.74, 6) is 0.474. The van der Waals surface area contributed by atoms with Gasteiger partial charge in [0.15, 0.2) is 23.0 Å². The molecular weight excluding hydrogens is 214 g/mol. The minimum Gasteiger partial charge on any atom is -0.450 e. The van der Waals surface area contributed by atoms with Gasteiger partial charge in [0, 0.05) is 12.1 Å². The summed E-state index contributed by atoms with van der Waals surface area (Å²) >= 11 is 0. The highest BCUT2D eigenvalue weighted by molar-refractivity contribution is 5.54. The molecule has 1 heterocycles. The molecule has 1 aliphatic rings. The summed E-state index contributed by atoms with van der Waals surface area (Å²) in [5.41, 5.74) is 0. The molecule has 0 unspecified atom stereocenters. The highest BCUT2D eigenvalue weighted by atomic mass is 19.1. The smallest absolute Gasteiger partial charge is 0.173 e. The minimum atomic E-state index is -0.429. The molecule has 0 amide bonds. The first-order valence-electron chi connectivity index (χ1n) is 4.67. The van der Waals surface area contributed by atoms with Crippen molar-refractivity contribution < 1.29 is 18.3 Å². The van der Waals surface area contributed by atoms with Crippen molar-refractivity contribution in [3.8, 4) is 23.0 Å². The molecule has 0 saturated heterocycles. The predicted molar refractivity (Wildman–Crippen MR) is 52.9 cm³/mol. The van der Waals surface area contributed by atoms with E-state index in [1.54, 1.807) is 0 Å². The average molecular weight is 220 g/mol. The molecule has 0 atom stereocenters. The topological polar surface area (TPSA) is 18.5 Å². The summed E-state index contributed by atoms with van der Waals surface area (Å²) in [6, 6.07) is 7.88. The number of hydrogen-bond donors (Lipinski definition) is 0. The molecule has 0 N–H and O–H groups in total. The summed E-state index contributed by atoms with van der Waals surface area (Å²) in [6.45, 7) is 0. The van der Waals surface area contributed by atoms with Crippen LogP contribution in [0.5, 0.6) is 23.0 Å². The first kappa shape index (κ1) is 9.15. The fraction of sp³-hybridized carbons (Fsp3) is 0. The van der Waals surface area contributed by atoms with Crippen LogP contribution >= 0.6 is 0 Å². The second-order valence-corrected chi connectivity index (χ2v) is 3.39. The monoisotopic (exact) mass is 220 g/mol. The van der Waals surface area contributed by atoms with Crippen LogP contribution in [-0.4, -0.2) is 0 Å². The van der Waals surface area contributed by atoms with E-state index in [1.807, 2.05) is 0 Å². The van der Waals surface area contributed by atoms with Crippen LogP contribution in [0.15, 0.2) is 36.4 Å². The number of fused-ring (bicyclic) bond motifs is 2. The van der Waals surface area contributed by atoms with E-state index in [4.69, 9.17) is 9.47 Å². The Hall–Kier alpha value is -2.10. The zero-order chi connectivity index (χ0) is 11.1. The van der Waals surface area contributed by atoms with Crippen LogP contribution in [0.25, 0.3) is 0 Å². The van der Waals surface area contributed by atoms with E-state index in [-0.39, 0.29) is 11.5 Å². The Kier molecular flexibility index (Phi) is 1.83. The summed E-state index contributed by atoms with van der Waals surface area (Å²) in [4.78, 5) is 0. The first-order valence-corrected chi connectivity index (χ1v) is 4.67. The molecular formula is C12H6F2O2. The van der Waals surface area contributed by atoms with Crippen LogP contribution in [-0.2, 0) is 0 Å². The lowest BCUT2D eigenvalue weighted by atomic mass is 10.2. The molecule has 0 spiro atoms. The van der Waals surface area contributed by atoms with Crippen LogP contribution in [0.4, 0.5) is 8.78 Å². The van der Waals surface area contributed by atoms with Gasteiger partial charge in [0.25, 0.3) is 0 Å². The third-order valence-electron chi connectivity index (χ3n) is 2.25. The highest BCUT2D eigenvalue weighted by Gasteiger charge is 2.19. The van der Waals surface area contributed by atoms with Crippen molar-refractivity contribution in [1.82, 2.24) is 0 Å². The van der Waals surface area contributed by atoms with Crippen LogP contribution in [0.2, 0.25) is 0 Å². The molecule has 80 valence electrons. The number of rotatable bonds is 0. The van der Waals surface area contributed by atoms with Crippen LogP contribution in [0.1, 0.15) is 0 Å². The molecule has 0 aliphatic carbocycles. The lowest BCUT2D eigenvalue weighted by Crippen LogP contribution is -1.99. The van der Waals surface area contributed by atoms with E-state index in [2.05, 4.69) is 0 Å². The van der Waals surface area contributed by atoms with Crippen molar-refractivity contribution in [2.24, 2.45) is 0 Å². The molecule has 1 aliphatic heterocycles. The van der Waals surface area contributed by atoms with Crippen molar-refractivity contribution in [3.05, 3.63) is 48.0 Å². The standard InChI is InChI=1S/C12H6F2O2/c13-7-1-3-9-11(5-7)16-12-6-8(14)2-4-10(12)15-9/h1-6H. The largest absolute Gasteiger partial charge is 0.450 e. The third-order valence-corrected chi connectivity index (χ3v) is 2.25. The Bertz CT molecular complexity index is 517. The van der Waals surface area contributed by atoms with Gasteiger partial charge in [-0.25, -0.2) is 8.78 Å². The lowest BCUT2D eigenvalue weighted by molar-refractivity contribution is 0.354. The number of benzene rings is 2. The number of hydrogen-bond acceptors (Lipinski definition) is 2. The summed E-state index contributed by atoms with van der Waals surface area (Å²) in [5, 5.41) is 0. The van der Waals surface area contributed by atoms with Crippen molar-refractivity contribution in [2.45, 2.75) is 0 Å². The maximum Gasteiger partial charge on any atom is 0.173 e. The van der Waals surface area contributed by atoms with Gasteiger partial charge in [0.05, 0.1) is 0 Å². The molecule has 3 rings (SSSR count). The Morgan fingerprint density at radius 2 is 1.06 bits per heavy atom. The van der Waals surface area contributed by atoms with Crippen molar-refractivity contribution in [1.29, 1.82) is 0 Å². The van der Waals surface area contributed by atoms with E-state index < -0.39 is 11.6 Å². The van der Waals surface area contributed by atoms with E-state index in [1.165, 1.54) is 36.4 Å². The van der Waals surface area contributed by atoms with E-state index in [0.717, 1.165) is 0 Å². The summed E-state index contributed by atoms with van der Waals surface area (Å²) in [6.07, 6.45) is 0. The number of halogens is 2. The van der Waals surface area contributed by atoms with Gasteiger partial charge in [-0.15, -0.1) is 0 Å². The Labute approximate surface area is 90.0 Å². The van der Waals surface area contributed by atoms with Gasteiger partial charge in [-0.2, -0.15) is 0 Å². The Morgan fingerprint density at radius 3 is 1.56 bits per heavy atom. The second kappa shape index (κ2) is 3.20. The second-order valence-electron chi connectivity index (χ2n) is 3.39. The van der Waals surface area contributed by atoms with Crippen LogP contribution in [0.3, 0.4) is 0 Å². The third kappa shape index (κ3) is 1.39. The molecule has 4 heteroatoms. The van der Waals surface area contributed by atoms with Gasteiger partial charge in [-0.1, -0.05) is 0 Å². The lowest BCUT2D eigenvalue weighted by Gasteiger charge is -2.20. The molecule has 2 aromatic rings. The molecule has 0 radical (unpaired) electrons. The summed E-state index contributed by atoms with van der Waals surface area (Å²) in [7, 11) is 0. The Balaban J connectivity index is 2.10. The van der Waals surface area contributed by atoms with Gasteiger partial charge >= 0.3 is 0 Å². The fourth-order valence-electron chi connectivity index (χ4n) is 1.53. The first-order chi connectivity index (χ1) is 7.72. The normalized spacial score (nSPS) is 12.1. The predicted octanol–water partition coefficient (Wildman–Crippen LogP) is 3.86. The molecule has 0 aromatic heterocycles. The van der Waals surface area contributed by atoms with Crippen LogP contribution < -0.4 is 9.47 Å². The van der Waals surface area contributed by atoms with Gasteiger partial charge in [0.1, 0.15) is 11.6 Å². The molecule has 0 saturated carbocycles. The quantitative estimate of drug-likeness (QED) is 0.572. The van der Waals surface area contributed by atoms with E-state index in [9.17, 15) is 8.78 Å². The highest BCUT2D eigenvalue weighted by Crippen LogP contribution is 2.45. The van der Waals surface area contributed by atoms with Gasteiger partial charge < -0.3 is 9.47 Å². The molecule has 0 bridgehead atoms. The fourth-order valence-corrected chi connectivity index (χ4v) is 1.53. The zero-order valence-electron chi connectivity index (χ0n) is 8.04. The molecule has 16 heavy (non-hydrogen) atoms. The molecule has 2 nitrogen and oxygen atoms in total. The maximum atomic E-state index is 12.9. The van der Waals surface area contributed by atoms with Gasteiger partial charge in [-0.05, 0) is 24.3 Å². The van der Waals surface area contributed by atoms with Crippen molar-refractivity contribution >= 4 is 0 Å². The maximum absolute atomic E-state index is 12.9. The van der Waals surface area contributed by atoms with Gasteiger partial charge in [-0.3, -0.25) is 0 Å². The van der Waals surface area contributed by atoms with E-state index in [0.29, 0.717) is 11.5 Å². The van der Waals surface area contributed by atoms with Gasteiger partial charge in [0.2, 0.25) is 0 Å². The van der Waals surface area contributed by atoms with Crippen molar-refractivity contribution in [2.75, 3.05) is 0 Å². The number of ether oxygens (including phenoxy) is 2. The van der Waals surface area contributed by atoms with Crippen LogP contribution in [0, 0.1) is 11.6 Å².